The maximum absolute atomic E-state index is 12.0. The van der Waals surface area contributed by atoms with Crippen molar-refractivity contribution in [1.29, 1.82) is 0 Å². The zero-order valence-corrected chi connectivity index (χ0v) is 13.8. The summed E-state index contributed by atoms with van der Waals surface area (Å²) >= 11 is 0.717. The molecule has 0 unspecified atom stereocenters. The average molecular weight is 348 g/mol. The van der Waals surface area contributed by atoms with Crippen LogP contribution < -0.4 is 5.69 Å². The fourth-order valence-electron chi connectivity index (χ4n) is 2.51. The Labute approximate surface area is 139 Å². The maximum Gasteiger partial charge on any atom is 0.328 e. The van der Waals surface area contributed by atoms with Gasteiger partial charge in [0.05, 0.1) is 26.4 Å². The summed E-state index contributed by atoms with van der Waals surface area (Å²) in [4.78, 5) is 47.4. The average Bonchev–Trinajstić information content (AvgIpc) is 2.90. The molecule has 0 radical (unpaired) electrons. The molecule has 10 heteroatoms. The second-order valence-electron chi connectivity index (χ2n) is 5.30. The number of benzene rings is 1. The van der Waals surface area contributed by atoms with Crippen molar-refractivity contribution in [2.75, 3.05) is 7.05 Å². The Hall–Kier alpha value is -2.88. The number of aryl methyl sites for hydroxylation is 2. The molecule has 9 nitrogen and oxygen atoms in total. The van der Waals surface area contributed by atoms with Crippen molar-refractivity contribution < 1.29 is 14.5 Å². The largest absolute Gasteiger partial charge is 0.328 e. The Bertz CT molecular complexity index is 1020. The van der Waals surface area contributed by atoms with Crippen LogP contribution in [-0.2, 0) is 18.9 Å². The predicted molar refractivity (Wildman–Crippen MR) is 88.5 cm³/mol. The lowest BCUT2D eigenvalue weighted by molar-refractivity contribution is -0.385. The summed E-state index contributed by atoms with van der Waals surface area (Å²) in [5.74, 6) is -0.513. The first-order valence-corrected chi connectivity index (χ1v) is 7.59. The molecule has 1 fully saturated rings. The number of hydrogen-bond donors (Lipinski definition) is 0. The van der Waals surface area contributed by atoms with Crippen LogP contribution in [0.3, 0.4) is 0 Å². The van der Waals surface area contributed by atoms with Crippen molar-refractivity contribution in [3.63, 3.8) is 0 Å². The molecular formula is C14H12N4O5S. The summed E-state index contributed by atoms with van der Waals surface area (Å²) in [7, 11) is 4.42. The molecule has 24 heavy (non-hydrogen) atoms. The van der Waals surface area contributed by atoms with Crippen molar-refractivity contribution in [3.8, 4) is 0 Å². The van der Waals surface area contributed by atoms with Gasteiger partial charge in [-0.1, -0.05) is 0 Å². The van der Waals surface area contributed by atoms with Gasteiger partial charge in [0.15, 0.2) is 0 Å². The first kappa shape index (κ1) is 16.0. The number of likely N-dealkylation sites (N-methyl/N-ethyl adjacent to an activating group) is 1. The van der Waals surface area contributed by atoms with Crippen LogP contribution in [0.1, 0.15) is 5.56 Å². The lowest BCUT2D eigenvalue weighted by Crippen LogP contribution is -2.22. The number of nitro groups is 1. The van der Waals surface area contributed by atoms with Crippen LogP contribution in [0, 0.1) is 10.1 Å². The zero-order chi connectivity index (χ0) is 17.8. The van der Waals surface area contributed by atoms with E-state index in [1.807, 2.05) is 0 Å². The summed E-state index contributed by atoms with van der Waals surface area (Å²) in [6.07, 6.45) is 1.31. The van der Waals surface area contributed by atoms with E-state index < -0.39 is 16.1 Å². The van der Waals surface area contributed by atoms with Crippen LogP contribution in [0.2, 0.25) is 0 Å². The molecule has 2 heterocycles. The molecule has 1 aliphatic rings. The molecule has 2 amide bonds. The van der Waals surface area contributed by atoms with E-state index >= 15 is 0 Å². The number of aromatic nitrogens is 2. The highest BCUT2D eigenvalue weighted by molar-refractivity contribution is 8.18. The van der Waals surface area contributed by atoms with E-state index in [1.54, 1.807) is 7.05 Å². The van der Waals surface area contributed by atoms with Crippen molar-refractivity contribution in [2.45, 2.75) is 0 Å². The van der Waals surface area contributed by atoms with Gasteiger partial charge in [0, 0.05) is 27.2 Å². The minimum Gasteiger partial charge on any atom is -0.295 e. The second kappa shape index (κ2) is 5.34. The Kier molecular flexibility index (Phi) is 3.56. The highest BCUT2D eigenvalue weighted by Crippen LogP contribution is 2.34. The van der Waals surface area contributed by atoms with Crippen LogP contribution in [0.25, 0.3) is 17.1 Å². The summed E-state index contributed by atoms with van der Waals surface area (Å²) in [5.41, 5.74) is 0.509. The minimum atomic E-state index is -0.584. The number of imidazole rings is 1. The molecule has 0 bridgehead atoms. The Balaban J connectivity index is 2.28. The quantitative estimate of drug-likeness (QED) is 0.462. The lowest BCUT2D eigenvalue weighted by Gasteiger charge is -2.03. The van der Waals surface area contributed by atoms with E-state index in [0.717, 1.165) is 16.7 Å². The molecule has 0 saturated carbocycles. The van der Waals surface area contributed by atoms with Crippen LogP contribution >= 0.6 is 11.8 Å². The Morgan fingerprint density at radius 1 is 1.08 bits per heavy atom. The molecule has 1 aliphatic heterocycles. The number of thioether (sulfide) groups is 1. The number of carbonyl (C=O) groups is 2. The molecule has 3 rings (SSSR count). The molecular weight excluding hydrogens is 336 g/mol. The molecule has 0 atom stereocenters. The number of carbonyl (C=O) groups excluding carboxylic acids is 2. The number of fused-ring (bicyclic) bond motifs is 1. The SMILES string of the molecule is CN1C(=O)S/C(=C\c2cc3c(cc2[N+](=O)[O-])n(C)c(=O)n3C)C1=O. The maximum atomic E-state index is 12.0. The van der Waals surface area contributed by atoms with Crippen molar-refractivity contribution >= 4 is 45.7 Å². The third-order valence-corrected chi connectivity index (χ3v) is 4.85. The standard InChI is InChI=1S/C14H12N4O5S/c1-15-9-4-7(5-11-12(19)17(3)14(21)24-11)8(18(22)23)6-10(9)16(2)13(15)20/h4-6H,1-3H3/b11-5-. The normalized spacial score (nSPS) is 16.6. The fraction of sp³-hybridized carbons (Fsp3) is 0.214. The summed E-state index contributed by atoms with van der Waals surface area (Å²) in [6, 6.07) is 2.76. The molecule has 2 aromatic rings. The zero-order valence-electron chi connectivity index (χ0n) is 13.0. The highest BCUT2D eigenvalue weighted by atomic mass is 32.2. The monoisotopic (exact) mass is 348 g/mol. The molecule has 0 aliphatic carbocycles. The van der Waals surface area contributed by atoms with E-state index in [-0.39, 0.29) is 21.8 Å². The lowest BCUT2D eigenvalue weighted by atomic mass is 10.1. The number of rotatable bonds is 2. The Morgan fingerprint density at radius 3 is 2.17 bits per heavy atom. The third kappa shape index (κ3) is 2.22. The van der Waals surface area contributed by atoms with E-state index in [1.165, 1.54) is 41.4 Å². The first-order chi connectivity index (χ1) is 11.2. The molecule has 1 saturated heterocycles. The van der Waals surface area contributed by atoms with Crippen LogP contribution in [0.5, 0.6) is 0 Å². The fourth-order valence-corrected chi connectivity index (χ4v) is 3.33. The van der Waals surface area contributed by atoms with Gasteiger partial charge in [0.25, 0.3) is 16.8 Å². The highest BCUT2D eigenvalue weighted by Gasteiger charge is 2.32. The summed E-state index contributed by atoms with van der Waals surface area (Å²) in [5, 5.41) is 10.9. The molecule has 1 aromatic carbocycles. The van der Waals surface area contributed by atoms with E-state index in [0.29, 0.717) is 11.0 Å². The first-order valence-electron chi connectivity index (χ1n) is 6.77. The number of amides is 2. The van der Waals surface area contributed by atoms with Crippen LogP contribution in [0.15, 0.2) is 21.8 Å². The number of imide groups is 1. The number of nitrogens with zero attached hydrogens (tertiary/aromatic N) is 4. The van der Waals surface area contributed by atoms with Gasteiger partial charge >= 0.3 is 5.69 Å². The molecule has 0 N–H and O–H groups in total. The predicted octanol–water partition coefficient (Wildman–Crippen LogP) is 1.45. The molecule has 0 spiro atoms. The summed E-state index contributed by atoms with van der Waals surface area (Å²) in [6.45, 7) is 0. The smallest absolute Gasteiger partial charge is 0.295 e. The van der Waals surface area contributed by atoms with Crippen LogP contribution in [0.4, 0.5) is 10.5 Å². The van der Waals surface area contributed by atoms with Gasteiger partial charge in [0.2, 0.25) is 0 Å². The van der Waals surface area contributed by atoms with Crippen molar-refractivity contribution in [3.05, 3.63) is 43.2 Å². The van der Waals surface area contributed by atoms with E-state index in [4.69, 9.17) is 0 Å². The van der Waals surface area contributed by atoms with Crippen LogP contribution in [-0.4, -0.2) is 37.2 Å². The van der Waals surface area contributed by atoms with E-state index in [9.17, 15) is 24.5 Å². The number of hydrogen-bond acceptors (Lipinski definition) is 6. The van der Waals surface area contributed by atoms with E-state index in [2.05, 4.69) is 0 Å². The van der Waals surface area contributed by atoms with Gasteiger partial charge in [0.1, 0.15) is 0 Å². The molecule has 1 aromatic heterocycles. The minimum absolute atomic E-state index is 0.103. The van der Waals surface area contributed by atoms with Crippen molar-refractivity contribution in [1.82, 2.24) is 14.0 Å². The molecule has 124 valence electrons. The van der Waals surface area contributed by atoms with Gasteiger partial charge in [-0.2, -0.15) is 0 Å². The van der Waals surface area contributed by atoms with Gasteiger partial charge < -0.3 is 0 Å². The Morgan fingerprint density at radius 2 is 1.67 bits per heavy atom. The van der Waals surface area contributed by atoms with Gasteiger partial charge in [-0.05, 0) is 23.9 Å². The summed E-state index contributed by atoms with van der Waals surface area (Å²) < 4.78 is 2.67. The topological polar surface area (TPSA) is 107 Å². The van der Waals surface area contributed by atoms with Crippen molar-refractivity contribution in [2.24, 2.45) is 14.1 Å². The number of nitro benzene ring substituents is 1. The van der Waals surface area contributed by atoms with Gasteiger partial charge in [-0.25, -0.2) is 4.79 Å². The van der Waals surface area contributed by atoms with Gasteiger partial charge in [-0.15, -0.1) is 0 Å². The second-order valence-corrected chi connectivity index (χ2v) is 6.29. The van der Waals surface area contributed by atoms with Gasteiger partial charge in [-0.3, -0.25) is 33.7 Å². The third-order valence-electron chi connectivity index (χ3n) is 3.89.